The number of methoxy groups -OCH3 is 1. The van der Waals surface area contributed by atoms with Gasteiger partial charge in [-0.3, -0.25) is 9.36 Å². The Bertz CT molecular complexity index is 1030. The van der Waals surface area contributed by atoms with Crippen molar-refractivity contribution in [3.8, 4) is 11.5 Å². The molecule has 1 N–H and O–H groups in total. The molecule has 2 unspecified atom stereocenters. The van der Waals surface area contributed by atoms with E-state index in [1.165, 1.54) is 15.8 Å². The second-order valence-corrected chi connectivity index (χ2v) is 8.46. The van der Waals surface area contributed by atoms with E-state index in [0.29, 0.717) is 11.7 Å². The van der Waals surface area contributed by atoms with Crippen LogP contribution < -0.4 is 15.0 Å². The predicted octanol–water partition coefficient (Wildman–Crippen LogP) is 3.03. The van der Waals surface area contributed by atoms with Crippen molar-refractivity contribution >= 4 is 21.6 Å². The zero-order valence-corrected chi connectivity index (χ0v) is 16.9. The van der Waals surface area contributed by atoms with Crippen LogP contribution in [0.4, 0.5) is 0 Å². The first-order valence-corrected chi connectivity index (χ1v) is 10.3. The Morgan fingerprint density at radius 3 is 2.82 bits per heavy atom. The summed E-state index contributed by atoms with van der Waals surface area (Å²) in [6.07, 6.45) is 3.78. The Morgan fingerprint density at radius 1 is 1.32 bits per heavy atom. The molecule has 2 heterocycles. The summed E-state index contributed by atoms with van der Waals surface area (Å²) in [4.78, 5) is 19.6. The summed E-state index contributed by atoms with van der Waals surface area (Å²) in [5.74, 6) is 2.04. The number of hydrogen-bond acceptors (Lipinski definition) is 6. The summed E-state index contributed by atoms with van der Waals surface area (Å²) in [6.45, 7) is 2.49. The quantitative estimate of drug-likeness (QED) is 0.689. The van der Waals surface area contributed by atoms with Gasteiger partial charge in [0.05, 0.1) is 25.4 Å². The summed E-state index contributed by atoms with van der Waals surface area (Å²) in [5, 5.41) is 11.1. The average molecular weight is 401 g/mol. The van der Waals surface area contributed by atoms with Gasteiger partial charge >= 0.3 is 0 Å². The molecule has 1 aliphatic rings. The van der Waals surface area contributed by atoms with Gasteiger partial charge in [0.25, 0.3) is 5.56 Å². The molecule has 0 saturated heterocycles. The van der Waals surface area contributed by atoms with Gasteiger partial charge in [-0.1, -0.05) is 6.92 Å². The average Bonchev–Trinajstić information content (AvgIpc) is 3.07. The molecule has 0 amide bonds. The highest BCUT2D eigenvalue weighted by molar-refractivity contribution is 7.18. The molecule has 0 aliphatic heterocycles. The molecule has 1 aromatic carbocycles. The zero-order chi connectivity index (χ0) is 19.7. The van der Waals surface area contributed by atoms with Crippen LogP contribution in [-0.2, 0) is 19.4 Å². The molecule has 0 saturated carbocycles. The molecule has 2 atom stereocenters. The number of aliphatic hydroxyl groups is 1. The van der Waals surface area contributed by atoms with Crippen molar-refractivity contribution < 1.29 is 14.6 Å². The van der Waals surface area contributed by atoms with E-state index in [4.69, 9.17) is 9.47 Å². The maximum Gasteiger partial charge on any atom is 0.262 e. The minimum atomic E-state index is -0.812. The van der Waals surface area contributed by atoms with E-state index in [2.05, 4.69) is 11.9 Å². The summed E-state index contributed by atoms with van der Waals surface area (Å²) in [5.41, 5.74) is 1.09. The fourth-order valence-electron chi connectivity index (χ4n) is 3.64. The van der Waals surface area contributed by atoms with Crippen LogP contribution in [0.2, 0.25) is 0 Å². The molecular weight excluding hydrogens is 376 g/mol. The third-order valence-corrected chi connectivity index (χ3v) is 6.35. The van der Waals surface area contributed by atoms with Gasteiger partial charge in [-0.15, -0.1) is 11.3 Å². The van der Waals surface area contributed by atoms with Gasteiger partial charge in [0, 0.05) is 4.88 Å². The van der Waals surface area contributed by atoms with Crippen LogP contribution in [0.5, 0.6) is 11.5 Å². The third kappa shape index (κ3) is 3.77. The first-order valence-electron chi connectivity index (χ1n) is 9.49. The first-order chi connectivity index (χ1) is 13.5. The molecule has 0 radical (unpaired) electrons. The van der Waals surface area contributed by atoms with Gasteiger partial charge in [0.1, 0.15) is 29.0 Å². The lowest BCUT2D eigenvalue weighted by molar-refractivity contribution is 0.0914. The molecular formula is C21H24N2O4S. The number of aromatic nitrogens is 2. The van der Waals surface area contributed by atoms with Crippen molar-refractivity contribution in [2.75, 3.05) is 13.7 Å². The zero-order valence-electron chi connectivity index (χ0n) is 16.1. The van der Waals surface area contributed by atoms with Crippen molar-refractivity contribution in [3.63, 3.8) is 0 Å². The van der Waals surface area contributed by atoms with Crippen LogP contribution in [0, 0.1) is 5.92 Å². The number of benzene rings is 1. The summed E-state index contributed by atoms with van der Waals surface area (Å²) in [6, 6.07) is 7.16. The Kier molecular flexibility index (Phi) is 5.37. The first kappa shape index (κ1) is 19.0. The molecule has 1 aliphatic carbocycles. The maximum absolute atomic E-state index is 13.0. The monoisotopic (exact) mass is 400 g/mol. The van der Waals surface area contributed by atoms with Crippen LogP contribution in [0.1, 0.15) is 23.8 Å². The van der Waals surface area contributed by atoms with Crippen molar-refractivity contribution in [2.24, 2.45) is 5.92 Å². The fourth-order valence-corrected chi connectivity index (χ4v) is 4.98. The van der Waals surface area contributed by atoms with Gasteiger partial charge in [0.15, 0.2) is 0 Å². The molecule has 28 heavy (non-hydrogen) atoms. The van der Waals surface area contributed by atoms with Gasteiger partial charge in [0.2, 0.25) is 0 Å². The molecule has 4 rings (SSSR count). The lowest BCUT2D eigenvalue weighted by atomic mass is 9.89. The number of aliphatic hydroxyl groups excluding tert-OH is 1. The smallest absolute Gasteiger partial charge is 0.262 e. The lowest BCUT2D eigenvalue weighted by Gasteiger charge is -2.17. The largest absolute Gasteiger partial charge is 0.497 e. The van der Waals surface area contributed by atoms with E-state index in [9.17, 15) is 9.90 Å². The lowest BCUT2D eigenvalue weighted by Crippen LogP contribution is -2.30. The molecule has 3 aromatic rings. The summed E-state index contributed by atoms with van der Waals surface area (Å²) >= 11 is 1.63. The van der Waals surface area contributed by atoms with Crippen LogP contribution in [0.25, 0.3) is 10.2 Å². The van der Waals surface area contributed by atoms with E-state index in [0.717, 1.165) is 40.8 Å². The van der Waals surface area contributed by atoms with Crippen LogP contribution in [0.3, 0.4) is 0 Å². The molecule has 0 spiro atoms. The van der Waals surface area contributed by atoms with Crippen LogP contribution in [-0.4, -0.2) is 34.5 Å². The molecule has 7 heteroatoms. The Labute approximate surface area is 167 Å². The Morgan fingerprint density at radius 2 is 2.07 bits per heavy atom. The SMILES string of the molecule is COc1ccc(OCC(O)Cn2cnc3sc4c(c3c2=O)CCC(C)C4)cc1. The Hall–Kier alpha value is -2.38. The minimum Gasteiger partial charge on any atom is -0.497 e. The number of hydrogen-bond donors (Lipinski definition) is 1. The van der Waals surface area contributed by atoms with Crippen molar-refractivity contribution in [1.29, 1.82) is 0 Å². The normalized spacial score (nSPS) is 17.3. The van der Waals surface area contributed by atoms with Gasteiger partial charge < -0.3 is 14.6 Å². The van der Waals surface area contributed by atoms with E-state index >= 15 is 0 Å². The van der Waals surface area contributed by atoms with Gasteiger partial charge in [-0.2, -0.15) is 0 Å². The second kappa shape index (κ2) is 7.93. The number of fused-ring (bicyclic) bond motifs is 3. The van der Waals surface area contributed by atoms with Crippen LogP contribution >= 0.6 is 11.3 Å². The number of aryl methyl sites for hydroxylation is 1. The van der Waals surface area contributed by atoms with Crippen molar-refractivity contribution in [1.82, 2.24) is 9.55 Å². The van der Waals surface area contributed by atoms with E-state index in [-0.39, 0.29) is 18.7 Å². The molecule has 148 valence electrons. The maximum atomic E-state index is 13.0. The van der Waals surface area contributed by atoms with E-state index in [1.54, 1.807) is 42.7 Å². The summed E-state index contributed by atoms with van der Waals surface area (Å²) < 4.78 is 12.2. The highest BCUT2D eigenvalue weighted by Crippen LogP contribution is 2.35. The molecule has 0 fully saturated rings. The van der Waals surface area contributed by atoms with Crippen LogP contribution in [0.15, 0.2) is 35.4 Å². The highest BCUT2D eigenvalue weighted by Gasteiger charge is 2.23. The van der Waals surface area contributed by atoms with Gasteiger partial charge in [-0.05, 0) is 55.0 Å². The highest BCUT2D eigenvalue weighted by atomic mass is 32.1. The van der Waals surface area contributed by atoms with Crippen molar-refractivity contribution in [3.05, 3.63) is 51.4 Å². The van der Waals surface area contributed by atoms with E-state index in [1.807, 2.05) is 0 Å². The second-order valence-electron chi connectivity index (χ2n) is 7.37. The van der Waals surface area contributed by atoms with Crippen molar-refractivity contribution in [2.45, 2.75) is 38.8 Å². The topological polar surface area (TPSA) is 73.6 Å². The Balaban J connectivity index is 1.48. The number of thiophene rings is 1. The number of nitrogens with zero attached hydrogens (tertiary/aromatic N) is 2. The predicted molar refractivity (Wildman–Crippen MR) is 110 cm³/mol. The standard InChI is InChI=1S/C21H24N2O4S/c1-13-3-8-17-18(9-13)28-20-19(17)21(25)23(12-22-20)10-14(24)11-27-16-6-4-15(26-2)5-7-16/h4-7,12-14,24H,3,8-11H2,1-2H3. The molecule has 2 aromatic heterocycles. The molecule has 6 nitrogen and oxygen atoms in total. The summed E-state index contributed by atoms with van der Waals surface area (Å²) in [7, 11) is 1.60. The minimum absolute atomic E-state index is 0.0689. The number of ether oxygens (including phenoxy) is 2. The third-order valence-electron chi connectivity index (χ3n) is 5.19. The van der Waals surface area contributed by atoms with Gasteiger partial charge in [-0.25, -0.2) is 4.98 Å². The number of rotatable bonds is 6. The fraction of sp³-hybridized carbons (Fsp3) is 0.429. The van der Waals surface area contributed by atoms with E-state index < -0.39 is 6.10 Å². The molecule has 0 bridgehead atoms.